The highest BCUT2D eigenvalue weighted by atomic mass is 127. The van der Waals surface area contributed by atoms with Crippen LogP contribution < -0.4 is 10.6 Å². The first-order chi connectivity index (χ1) is 13.8. The third kappa shape index (κ3) is 7.08. The zero-order chi connectivity index (χ0) is 21.4. The normalized spacial score (nSPS) is 16.7. The fraction of sp³-hybridized carbons (Fsp3) is 0.636. The minimum Gasteiger partial charge on any atom is -0.357 e. The number of aliphatic imine (C=N–C) groups is 1. The summed E-state index contributed by atoms with van der Waals surface area (Å²) in [5.74, 6) is 0.620. The Balaban J connectivity index is 0.00000450. The van der Waals surface area contributed by atoms with Gasteiger partial charge in [-0.2, -0.15) is 0 Å². The third-order valence-corrected chi connectivity index (χ3v) is 5.62. The predicted octanol–water partition coefficient (Wildman–Crippen LogP) is 3.25. The lowest BCUT2D eigenvalue weighted by molar-refractivity contribution is -0.138. The maximum atomic E-state index is 13.7. The number of carbonyl (C=O) groups is 1. The monoisotopic (exact) mass is 533 g/mol. The molecule has 1 atom stereocenters. The summed E-state index contributed by atoms with van der Waals surface area (Å²) in [4.78, 5) is 21.3. The highest BCUT2D eigenvalue weighted by molar-refractivity contribution is 14.0. The molecule has 0 heterocycles. The molecule has 0 bridgehead atoms. The van der Waals surface area contributed by atoms with Crippen LogP contribution in [0.25, 0.3) is 0 Å². The lowest BCUT2D eigenvalue weighted by Gasteiger charge is -2.30. The van der Waals surface area contributed by atoms with E-state index in [1.54, 1.807) is 17.0 Å². The molecule has 1 aliphatic rings. The number of amides is 1. The molecule has 0 aliphatic heterocycles. The Labute approximate surface area is 197 Å². The molecule has 30 heavy (non-hydrogen) atoms. The first-order valence-electron chi connectivity index (χ1n) is 10.4. The minimum atomic E-state index is -0.393. The van der Waals surface area contributed by atoms with Crippen LogP contribution in [0.2, 0.25) is 0 Å². The molecule has 1 aromatic carbocycles. The fourth-order valence-corrected chi connectivity index (χ4v) is 4.04. The molecule has 1 saturated carbocycles. The van der Waals surface area contributed by atoms with Gasteiger partial charge >= 0.3 is 0 Å². The molecule has 1 unspecified atom stereocenters. The van der Waals surface area contributed by atoms with Crippen molar-refractivity contribution in [1.29, 1.82) is 0 Å². The van der Waals surface area contributed by atoms with Gasteiger partial charge in [0.1, 0.15) is 5.82 Å². The summed E-state index contributed by atoms with van der Waals surface area (Å²) in [6.07, 6.45) is 3.91. The SMILES string of the molecule is CCNC(=NCC1(C(=O)N(C)C)CCCC1)NCC(c1cccc(F)c1)N(C)C.I. The van der Waals surface area contributed by atoms with Crippen molar-refractivity contribution >= 4 is 35.8 Å². The van der Waals surface area contributed by atoms with Gasteiger partial charge in [0.15, 0.2) is 5.96 Å². The van der Waals surface area contributed by atoms with Crippen molar-refractivity contribution in [3.63, 3.8) is 0 Å². The van der Waals surface area contributed by atoms with Gasteiger partial charge in [-0.05, 0) is 51.6 Å². The van der Waals surface area contributed by atoms with Crippen molar-refractivity contribution in [3.05, 3.63) is 35.6 Å². The van der Waals surface area contributed by atoms with Crippen molar-refractivity contribution in [2.45, 2.75) is 38.6 Å². The number of likely N-dealkylation sites (N-methyl/N-ethyl adjacent to an activating group) is 1. The summed E-state index contributed by atoms with van der Waals surface area (Å²) < 4.78 is 13.7. The summed E-state index contributed by atoms with van der Waals surface area (Å²) in [5, 5.41) is 6.65. The number of halogens is 2. The molecular weight excluding hydrogens is 496 g/mol. The predicted molar refractivity (Wildman–Crippen MR) is 132 cm³/mol. The molecule has 0 radical (unpaired) electrons. The molecule has 0 spiro atoms. The van der Waals surface area contributed by atoms with E-state index in [9.17, 15) is 9.18 Å². The van der Waals surface area contributed by atoms with Gasteiger partial charge in [0.2, 0.25) is 5.91 Å². The number of hydrogen-bond donors (Lipinski definition) is 2. The average molecular weight is 533 g/mol. The first kappa shape index (κ1) is 26.6. The summed E-state index contributed by atoms with van der Waals surface area (Å²) in [5.41, 5.74) is 0.517. The van der Waals surface area contributed by atoms with E-state index < -0.39 is 5.41 Å². The Morgan fingerprint density at radius 3 is 2.40 bits per heavy atom. The standard InChI is InChI=1S/C22H36FN5O.HI/c1-6-24-21(26-16-22(12-7-8-13-22)20(29)28(4)5)25-15-19(27(2)3)17-10-9-11-18(23)14-17;/h9-11,14,19H,6-8,12-13,15-16H2,1-5H3,(H2,24,25,26);1H. The van der Waals surface area contributed by atoms with Crippen LogP contribution in [-0.4, -0.2) is 69.5 Å². The van der Waals surface area contributed by atoms with Crippen molar-refractivity contribution in [1.82, 2.24) is 20.4 Å². The van der Waals surface area contributed by atoms with Gasteiger partial charge < -0.3 is 20.4 Å². The van der Waals surface area contributed by atoms with Crippen molar-refractivity contribution < 1.29 is 9.18 Å². The topological polar surface area (TPSA) is 60.0 Å². The van der Waals surface area contributed by atoms with E-state index in [0.717, 1.165) is 37.8 Å². The van der Waals surface area contributed by atoms with E-state index in [4.69, 9.17) is 4.99 Å². The molecular formula is C22H37FIN5O. The van der Waals surface area contributed by atoms with E-state index in [0.29, 0.717) is 19.0 Å². The van der Waals surface area contributed by atoms with Crippen LogP contribution in [0.4, 0.5) is 4.39 Å². The van der Waals surface area contributed by atoms with Gasteiger partial charge in [-0.15, -0.1) is 24.0 Å². The van der Waals surface area contributed by atoms with Gasteiger partial charge in [0.05, 0.1) is 18.0 Å². The van der Waals surface area contributed by atoms with E-state index in [1.807, 2.05) is 41.2 Å². The number of nitrogens with zero attached hydrogens (tertiary/aromatic N) is 3. The molecule has 0 saturated heterocycles. The van der Waals surface area contributed by atoms with Gasteiger partial charge in [-0.25, -0.2) is 4.39 Å². The van der Waals surface area contributed by atoms with Gasteiger partial charge in [0, 0.05) is 27.2 Å². The van der Waals surface area contributed by atoms with Crippen LogP contribution >= 0.6 is 24.0 Å². The largest absolute Gasteiger partial charge is 0.357 e. The Bertz CT molecular complexity index is 705. The highest BCUT2D eigenvalue weighted by Crippen LogP contribution is 2.39. The zero-order valence-electron chi connectivity index (χ0n) is 18.9. The summed E-state index contributed by atoms with van der Waals surface area (Å²) in [6, 6.07) is 6.69. The molecule has 1 fully saturated rings. The number of hydrogen-bond acceptors (Lipinski definition) is 3. The van der Waals surface area contributed by atoms with Gasteiger partial charge in [0.25, 0.3) is 0 Å². The molecule has 1 amide bonds. The van der Waals surface area contributed by atoms with Crippen LogP contribution in [0.1, 0.15) is 44.2 Å². The third-order valence-electron chi connectivity index (χ3n) is 5.62. The van der Waals surface area contributed by atoms with E-state index in [1.165, 1.54) is 6.07 Å². The summed E-state index contributed by atoms with van der Waals surface area (Å²) in [7, 11) is 7.58. The van der Waals surface area contributed by atoms with E-state index in [-0.39, 0.29) is 41.7 Å². The zero-order valence-corrected chi connectivity index (χ0v) is 21.2. The van der Waals surface area contributed by atoms with Crippen LogP contribution in [0.5, 0.6) is 0 Å². The number of carbonyl (C=O) groups excluding carboxylic acids is 1. The maximum absolute atomic E-state index is 13.7. The fourth-order valence-electron chi connectivity index (χ4n) is 4.04. The molecule has 8 heteroatoms. The Kier molecular flexibility index (Phi) is 11.0. The average Bonchev–Trinajstić information content (AvgIpc) is 3.15. The molecule has 6 nitrogen and oxygen atoms in total. The second-order valence-electron chi connectivity index (χ2n) is 8.30. The Hall–Kier alpha value is -1.42. The van der Waals surface area contributed by atoms with Crippen LogP contribution in [0.15, 0.2) is 29.3 Å². The highest BCUT2D eigenvalue weighted by Gasteiger charge is 2.42. The van der Waals surface area contributed by atoms with Crippen LogP contribution in [0, 0.1) is 11.2 Å². The van der Waals surface area contributed by atoms with Gasteiger partial charge in [-0.1, -0.05) is 25.0 Å². The second kappa shape index (κ2) is 12.4. The van der Waals surface area contributed by atoms with Crippen LogP contribution in [0.3, 0.4) is 0 Å². The number of nitrogens with one attached hydrogen (secondary N) is 2. The first-order valence-corrected chi connectivity index (χ1v) is 10.4. The molecule has 2 rings (SSSR count). The van der Waals surface area contributed by atoms with Crippen molar-refractivity contribution in [2.24, 2.45) is 10.4 Å². The number of rotatable bonds is 8. The van der Waals surface area contributed by atoms with E-state index in [2.05, 4.69) is 15.5 Å². The van der Waals surface area contributed by atoms with Gasteiger partial charge in [-0.3, -0.25) is 9.79 Å². The van der Waals surface area contributed by atoms with Crippen molar-refractivity contribution in [2.75, 3.05) is 47.8 Å². The minimum absolute atomic E-state index is 0. The molecule has 0 aromatic heterocycles. The maximum Gasteiger partial charge on any atom is 0.230 e. The lowest BCUT2D eigenvalue weighted by atomic mass is 9.85. The molecule has 1 aliphatic carbocycles. The van der Waals surface area contributed by atoms with Crippen LogP contribution in [-0.2, 0) is 4.79 Å². The van der Waals surface area contributed by atoms with E-state index >= 15 is 0 Å². The molecule has 1 aromatic rings. The summed E-state index contributed by atoms with van der Waals surface area (Å²) in [6.45, 7) is 3.80. The summed E-state index contributed by atoms with van der Waals surface area (Å²) >= 11 is 0. The quantitative estimate of drug-likeness (QED) is 0.306. The lowest BCUT2D eigenvalue weighted by Crippen LogP contribution is -2.44. The Morgan fingerprint density at radius 1 is 1.20 bits per heavy atom. The molecule has 170 valence electrons. The molecule has 2 N–H and O–H groups in total. The van der Waals surface area contributed by atoms with Crippen molar-refractivity contribution in [3.8, 4) is 0 Å². The smallest absolute Gasteiger partial charge is 0.230 e. The second-order valence-corrected chi connectivity index (χ2v) is 8.30. The Morgan fingerprint density at radius 2 is 1.87 bits per heavy atom. The number of benzene rings is 1. The number of guanidine groups is 1.